The van der Waals surface area contributed by atoms with Crippen LogP contribution in [0.15, 0.2) is 0 Å². The van der Waals surface area contributed by atoms with E-state index < -0.39 is 110 Å². The molecule has 0 aromatic rings. The minimum atomic E-state index is -1.81. The standard InChI is InChI=1S/C24H49N7O14/c25-1-2-31(41)24(40)30-10-3-9(27)20(19(39)21(10)45-22-16(36)13(28)14(34)12(7-33)43-22)44-23-18(38)17(37)15(35)11(42-23)5-29-4-8(26)6-32/h8-23,29,32-39,41H,1-7,25-28H2,(H,30,40)/t8?,9-,10+,11+,12+,13-,14+,15+,16+,17-,18+,19-,20?,21-,22+,23+/m0/s1. The van der Waals surface area contributed by atoms with Gasteiger partial charge in [0.05, 0.1) is 31.8 Å². The molecule has 0 bridgehead atoms. The maximum absolute atomic E-state index is 12.6. The van der Waals surface area contributed by atoms with E-state index >= 15 is 0 Å². The molecule has 2 saturated heterocycles. The van der Waals surface area contributed by atoms with Gasteiger partial charge in [0.25, 0.3) is 0 Å². The van der Waals surface area contributed by atoms with E-state index in [1.807, 2.05) is 0 Å². The van der Waals surface area contributed by atoms with Gasteiger partial charge in [0.2, 0.25) is 0 Å². The lowest BCUT2D eigenvalue weighted by atomic mass is 9.83. The van der Waals surface area contributed by atoms with Gasteiger partial charge in [-0.25, -0.2) is 9.86 Å². The Morgan fingerprint density at radius 2 is 1.51 bits per heavy atom. The highest BCUT2D eigenvalue weighted by Gasteiger charge is 2.52. The van der Waals surface area contributed by atoms with Crippen LogP contribution in [0, 0.1) is 0 Å². The van der Waals surface area contributed by atoms with Crippen LogP contribution in [0.5, 0.6) is 0 Å². The molecule has 2 aliphatic heterocycles. The minimum Gasteiger partial charge on any atom is -0.395 e. The number of hydrogen-bond donors (Lipinski definition) is 15. The molecule has 2 amide bonds. The number of nitrogens with one attached hydrogen (secondary N) is 2. The molecule has 1 aliphatic carbocycles. The molecular weight excluding hydrogens is 610 g/mol. The topological polar surface area (TPSA) is 367 Å². The van der Waals surface area contributed by atoms with Gasteiger partial charge in [-0.2, -0.15) is 0 Å². The Morgan fingerprint density at radius 3 is 2.13 bits per heavy atom. The monoisotopic (exact) mass is 659 g/mol. The zero-order valence-corrected chi connectivity index (χ0v) is 24.5. The summed E-state index contributed by atoms with van der Waals surface area (Å²) in [5, 5.41) is 98.1. The summed E-state index contributed by atoms with van der Waals surface area (Å²) in [6.45, 7) is -1.27. The second kappa shape index (κ2) is 17.1. The summed E-state index contributed by atoms with van der Waals surface area (Å²) < 4.78 is 22.9. The lowest BCUT2D eigenvalue weighted by molar-refractivity contribution is -0.333. The van der Waals surface area contributed by atoms with Crippen LogP contribution in [-0.2, 0) is 18.9 Å². The summed E-state index contributed by atoms with van der Waals surface area (Å²) >= 11 is 0. The summed E-state index contributed by atoms with van der Waals surface area (Å²) in [6, 6.07) is -5.24. The molecule has 0 aromatic carbocycles. The molecule has 45 heavy (non-hydrogen) atoms. The molecule has 3 fully saturated rings. The largest absolute Gasteiger partial charge is 0.395 e. The van der Waals surface area contributed by atoms with Crippen LogP contribution in [0.25, 0.3) is 0 Å². The van der Waals surface area contributed by atoms with Crippen molar-refractivity contribution in [3.63, 3.8) is 0 Å². The Morgan fingerprint density at radius 1 is 0.889 bits per heavy atom. The van der Waals surface area contributed by atoms with Crippen LogP contribution in [0.4, 0.5) is 4.79 Å². The van der Waals surface area contributed by atoms with Crippen molar-refractivity contribution in [3.8, 4) is 0 Å². The van der Waals surface area contributed by atoms with Crippen LogP contribution in [-0.4, -0.2) is 194 Å². The zero-order valence-electron chi connectivity index (χ0n) is 24.5. The van der Waals surface area contributed by atoms with Gasteiger partial charge in [-0.05, 0) is 6.42 Å². The Labute approximate surface area is 258 Å². The highest BCUT2D eigenvalue weighted by Crippen LogP contribution is 2.32. The first-order chi connectivity index (χ1) is 21.2. The normalized spacial score (nSPS) is 43.1. The van der Waals surface area contributed by atoms with Gasteiger partial charge in [-0.1, -0.05) is 0 Å². The molecule has 0 radical (unpaired) electrons. The summed E-state index contributed by atoms with van der Waals surface area (Å²) in [6.07, 6.45) is -18.8. The van der Waals surface area contributed by atoms with Crippen molar-refractivity contribution in [2.75, 3.05) is 39.4 Å². The fourth-order valence-electron chi connectivity index (χ4n) is 5.41. The number of hydroxylamine groups is 2. The molecule has 21 heteroatoms. The first-order valence-electron chi connectivity index (χ1n) is 14.6. The number of carbonyl (C=O) groups is 1. The fourth-order valence-corrected chi connectivity index (χ4v) is 5.41. The molecule has 3 aliphatic rings. The van der Waals surface area contributed by atoms with E-state index in [2.05, 4.69) is 10.6 Å². The minimum absolute atomic E-state index is 0.0763. The van der Waals surface area contributed by atoms with E-state index in [9.17, 15) is 45.7 Å². The maximum atomic E-state index is 12.6. The number of amides is 2. The Balaban J connectivity index is 1.82. The fraction of sp³-hybridized carbons (Fsp3) is 0.958. The van der Waals surface area contributed by atoms with Gasteiger partial charge >= 0.3 is 6.03 Å². The molecule has 0 spiro atoms. The average Bonchev–Trinajstić information content (AvgIpc) is 3.01. The smallest absolute Gasteiger partial charge is 0.341 e. The van der Waals surface area contributed by atoms with E-state index in [0.717, 1.165) is 0 Å². The molecule has 21 nitrogen and oxygen atoms in total. The SMILES string of the molecule is NCCN(O)C(=O)N[C@@H]1C[C@H](N)C(O[C@H]2O[C@H](CNCC(N)CO)[C@@H](O)[C@H](O)[C@H]2O)[C@H](O)[C@H]1O[C@H]1O[C@H](CO)[C@@H](O)[C@H](N)[C@H]1O. The van der Waals surface area contributed by atoms with Gasteiger partial charge in [0, 0.05) is 31.7 Å². The average molecular weight is 660 g/mol. The Bertz CT molecular complexity index is 916. The van der Waals surface area contributed by atoms with Gasteiger partial charge in [-0.3, -0.25) is 5.21 Å². The van der Waals surface area contributed by atoms with E-state index in [4.69, 9.17) is 47.0 Å². The number of aliphatic hydroxyl groups excluding tert-OH is 8. The van der Waals surface area contributed by atoms with E-state index in [1.54, 1.807) is 0 Å². The van der Waals surface area contributed by atoms with Crippen molar-refractivity contribution in [2.45, 2.75) is 104 Å². The summed E-state index contributed by atoms with van der Waals surface area (Å²) in [7, 11) is 0. The number of carbonyl (C=O) groups excluding carboxylic acids is 1. The molecule has 1 saturated carbocycles. The van der Waals surface area contributed by atoms with E-state index in [0.29, 0.717) is 0 Å². The summed E-state index contributed by atoms with van der Waals surface area (Å²) in [4.78, 5) is 12.6. The first kappa shape index (κ1) is 38.0. The molecule has 264 valence electrons. The van der Waals surface area contributed by atoms with Crippen LogP contribution in [0.3, 0.4) is 0 Å². The predicted molar refractivity (Wildman–Crippen MR) is 149 cm³/mol. The van der Waals surface area contributed by atoms with Crippen molar-refractivity contribution >= 4 is 6.03 Å². The van der Waals surface area contributed by atoms with E-state index in [-0.39, 0.29) is 44.3 Å². The lowest BCUT2D eigenvalue weighted by Crippen LogP contribution is -2.69. The van der Waals surface area contributed by atoms with Gasteiger partial charge in [0.1, 0.15) is 61.0 Å². The number of urea groups is 1. The van der Waals surface area contributed by atoms with Gasteiger partial charge in [0.15, 0.2) is 12.6 Å². The van der Waals surface area contributed by atoms with Crippen molar-refractivity contribution in [1.82, 2.24) is 15.7 Å². The molecule has 3 rings (SSSR count). The molecular formula is C24H49N7O14. The van der Waals surface area contributed by atoms with Crippen LogP contribution >= 0.6 is 0 Å². The van der Waals surface area contributed by atoms with Crippen molar-refractivity contribution < 1.29 is 69.8 Å². The second-order valence-corrected chi connectivity index (χ2v) is 11.5. The highest BCUT2D eigenvalue weighted by atomic mass is 16.7. The predicted octanol–water partition coefficient (Wildman–Crippen LogP) is -8.94. The number of aliphatic hydroxyl groups is 8. The highest BCUT2D eigenvalue weighted by molar-refractivity contribution is 5.73. The third kappa shape index (κ3) is 9.13. The van der Waals surface area contributed by atoms with Crippen molar-refractivity contribution in [2.24, 2.45) is 22.9 Å². The number of nitrogens with two attached hydrogens (primary N) is 4. The number of rotatable bonds is 13. The lowest BCUT2D eigenvalue weighted by Gasteiger charge is -2.49. The summed E-state index contributed by atoms with van der Waals surface area (Å²) in [5.74, 6) is 0. The molecule has 19 N–H and O–H groups in total. The van der Waals surface area contributed by atoms with Crippen LogP contribution < -0.4 is 33.6 Å². The number of ether oxygens (including phenoxy) is 4. The molecule has 2 unspecified atom stereocenters. The molecule has 0 aromatic heterocycles. The maximum Gasteiger partial charge on any atom is 0.341 e. The van der Waals surface area contributed by atoms with E-state index in [1.165, 1.54) is 0 Å². The van der Waals surface area contributed by atoms with Crippen molar-refractivity contribution in [3.05, 3.63) is 0 Å². The summed E-state index contributed by atoms with van der Waals surface area (Å²) in [5.41, 5.74) is 23.2. The van der Waals surface area contributed by atoms with Crippen LogP contribution in [0.2, 0.25) is 0 Å². The Hall–Kier alpha value is -1.45. The number of nitrogens with zero attached hydrogens (tertiary/aromatic N) is 1. The molecule has 16 atom stereocenters. The third-order valence-corrected chi connectivity index (χ3v) is 8.08. The quantitative estimate of drug-likeness (QED) is 0.0644. The van der Waals surface area contributed by atoms with Gasteiger partial charge in [-0.15, -0.1) is 0 Å². The van der Waals surface area contributed by atoms with Gasteiger partial charge < -0.3 is 93.4 Å². The van der Waals surface area contributed by atoms with Crippen LogP contribution in [0.1, 0.15) is 6.42 Å². The first-order valence-corrected chi connectivity index (χ1v) is 14.6. The number of hydrogen-bond acceptors (Lipinski definition) is 19. The van der Waals surface area contributed by atoms with Crippen molar-refractivity contribution in [1.29, 1.82) is 0 Å². The zero-order chi connectivity index (χ0) is 33.6. The second-order valence-electron chi connectivity index (χ2n) is 11.5. The Kier molecular flexibility index (Phi) is 14.4. The third-order valence-electron chi connectivity index (χ3n) is 8.08. The molecule has 2 heterocycles.